The van der Waals surface area contributed by atoms with Crippen molar-refractivity contribution in [3.8, 4) is 23.7 Å². The van der Waals surface area contributed by atoms with Crippen LogP contribution in [0.3, 0.4) is 0 Å². The molecule has 129 valence electrons. The summed E-state index contributed by atoms with van der Waals surface area (Å²) in [4.78, 5) is 0. The van der Waals surface area contributed by atoms with Gasteiger partial charge >= 0.3 is 0 Å². The normalized spacial score (nSPS) is 9.63. The van der Waals surface area contributed by atoms with Crippen LogP contribution in [0.4, 0.5) is 0 Å². The number of benzene rings is 3. The van der Waals surface area contributed by atoms with E-state index in [1.807, 2.05) is 6.82 Å². The molecule has 3 aromatic carbocycles. The number of rotatable bonds is 1. The third-order valence-corrected chi connectivity index (χ3v) is 4.51. The lowest BCUT2D eigenvalue weighted by Crippen LogP contribution is -2.08. The molecule has 0 fully saturated rings. The second kappa shape index (κ2) is 8.48. The fourth-order valence-electron chi connectivity index (χ4n) is 2.91. The highest BCUT2D eigenvalue weighted by Gasteiger charge is 2.02. The zero-order chi connectivity index (χ0) is 19.2. The first-order valence-corrected chi connectivity index (χ1v) is 9.16. The molecule has 1 radical (unpaired) electrons. The summed E-state index contributed by atoms with van der Waals surface area (Å²) in [5.41, 5.74) is 8.96. The molecular formula is C26H22B. The highest BCUT2D eigenvalue weighted by Crippen LogP contribution is 2.16. The third kappa shape index (κ3) is 4.94. The molecule has 0 heterocycles. The topological polar surface area (TPSA) is 0 Å². The zero-order valence-electron chi connectivity index (χ0n) is 16.4. The molecule has 0 aliphatic rings. The molecule has 3 rings (SSSR count). The van der Waals surface area contributed by atoms with Crippen molar-refractivity contribution in [3.63, 3.8) is 0 Å². The van der Waals surface area contributed by atoms with Crippen LogP contribution in [-0.2, 0) is 0 Å². The predicted molar refractivity (Wildman–Crippen MR) is 117 cm³/mol. The van der Waals surface area contributed by atoms with Crippen LogP contribution in [0.1, 0.15) is 38.9 Å². The minimum absolute atomic E-state index is 1.03. The second-order valence-electron chi connectivity index (χ2n) is 6.76. The number of aryl methyl sites for hydroxylation is 3. The minimum Gasteiger partial charge on any atom is -0.0880 e. The Bertz CT molecular complexity index is 1040. The molecule has 0 N–H and O–H groups in total. The summed E-state index contributed by atoms with van der Waals surface area (Å²) < 4.78 is 0. The average molecular weight is 345 g/mol. The van der Waals surface area contributed by atoms with Gasteiger partial charge in [-0.25, -0.2) is 0 Å². The van der Waals surface area contributed by atoms with Crippen molar-refractivity contribution >= 4 is 12.7 Å². The standard InChI is InChI=1S/C26H22B/c1-19-5-7-22(8-6-19)13-16-26-20(2)17-24(18-21(26)3)10-9-23-11-14-25(27-4)15-12-23/h5-8,11-12,14-15,17-18H,1-4H3. The molecule has 0 aliphatic carbocycles. The van der Waals surface area contributed by atoms with Crippen LogP contribution >= 0.6 is 0 Å². The molecule has 0 bridgehead atoms. The summed E-state index contributed by atoms with van der Waals surface area (Å²) >= 11 is 0. The lowest BCUT2D eigenvalue weighted by Gasteiger charge is -2.04. The Morgan fingerprint density at radius 3 is 1.63 bits per heavy atom. The van der Waals surface area contributed by atoms with Crippen molar-refractivity contribution < 1.29 is 0 Å². The van der Waals surface area contributed by atoms with Gasteiger partial charge in [-0.2, -0.15) is 0 Å². The Morgan fingerprint density at radius 2 is 1.07 bits per heavy atom. The van der Waals surface area contributed by atoms with E-state index in [1.54, 1.807) is 0 Å². The van der Waals surface area contributed by atoms with Gasteiger partial charge in [0.25, 0.3) is 0 Å². The van der Waals surface area contributed by atoms with Crippen LogP contribution in [0.25, 0.3) is 0 Å². The molecule has 0 saturated carbocycles. The van der Waals surface area contributed by atoms with E-state index >= 15 is 0 Å². The third-order valence-electron chi connectivity index (χ3n) is 4.51. The smallest absolute Gasteiger partial charge is 0.0880 e. The largest absolute Gasteiger partial charge is 0.148 e. The van der Waals surface area contributed by atoms with Gasteiger partial charge < -0.3 is 0 Å². The monoisotopic (exact) mass is 345 g/mol. The summed E-state index contributed by atoms with van der Waals surface area (Å²) in [7, 11) is 2.08. The summed E-state index contributed by atoms with van der Waals surface area (Å²) in [6.07, 6.45) is 0. The quantitative estimate of drug-likeness (QED) is 0.439. The van der Waals surface area contributed by atoms with Crippen LogP contribution in [0.15, 0.2) is 60.7 Å². The van der Waals surface area contributed by atoms with Crippen LogP contribution in [0, 0.1) is 44.5 Å². The van der Waals surface area contributed by atoms with E-state index in [9.17, 15) is 0 Å². The molecule has 0 amide bonds. The number of hydrogen-bond acceptors (Lipinski definition) is 0. The van der Waals surface area contributed by atoms with Gasteiger partial charge in [0.15, 0.2) is 0 Å². The Balaban J connectivity index is 1.85. The van der Waals surface area contributed by atoms with Gasteiger partial charge in [-0.1, -0.05) is 65.8 Å². The fourth-order valence-corrected chi connectivity index (χ4v) is 2.91. The molecule has 27 heavy (non-hydrogen) atoms. The molecule has 3 aromatic rings. The van der Waals surface area contributed by atoms with E-state index in [1.165, 1.54) is 11.0 Å². The first-order valence-electron chi connectivity index (χ1n) is 9.16. The highest BCUT2D eigenvalue weighted by molar-refractivity contribution is 6.51. The van der Waals surface area contributed by atoms with Gasteiger partial charge in [-0.15, -0.1) is 0 Å². The van der Waals surface area contributed by atoms with Crippen LogP contribution < -0.4 is 5.46 Å². The Labute approximate surface area is 163 Å². The van der Waals surface area contributed by atoms with Gasteiger partial charge in [0.1, 0.15) is 7.28 Å². The molecule has 0 atom stereocenters. The maximum Gasteiger partial charge on any atom is 0.148 e. The van der Waals surface area contributed by atoms with Gasteiger partial charge in [0.05, 0.1) is 0 Å². The van der Waals surface area contributed by atoms with Crippen LogP contribution in [-0.4, -0.2) is 7.28 Å². The minimum atomic E-state index is 1.03. The molecule has 1 heteroatoms. The fraction of sp³-hybridized carbons (Fsp3) is 0.154. The highest BCUT2D eigenvalue weighted by atomic mass is 14.0. The van der Waals surface area contributed by atoms with E-state index < -0.39 is 0 Å². The van der Waals surface area contributed by atoms with Gasteiger partial charge in [0.2, 0.25) is 0 Å². The van der Waals surface area contributed by atoms with Crippen molar-refractivity contribution in [1.82, 2.24) is 0 Å². The maximum absolute atomic E-state index is 3.33. The van der Waals surface area contributed by atoms with Crippen molar-refractivity contribution in [2.45, 2.75) is 27.6 Å². The van der Waals surface area contributed by atoms with Gasteiger partial charge in [0, 0.05) is 22.3 Å². The maximum atomic E-state index is 3.33. The van der Waals surface area contributed by atoms with E-state index in [2.05, 4.69) is 112 Å². The van der Waals surface area contributed by atoms with Crippen molar-refractivity contribution in [1.29, 1.82) is 0 Å². The average Bonchev–Trinajstić information content (AvgIpc) is 2.67. The summed E-state index contributed by atoms with van der Waals surface area (Å²) in [5, 5.41) is 0. The first kappa shape index (κ1) is 18.6. The molecule has 0 aromatic heterocycles. The Morgan fingerprint density at radius 1 is 0.593 bits per heavy atom. The van der Waals surface area contributed by atoms with Crippen molar-refractivity contribution in [2.75, 3.05) is 0 Å². The molecule has 0 saturated heterocycles. The number of hydrogen-bond donors (Lipinski definition) is 0. The van der Waals surface area contributed by atoms with Gasteiger partial charge in [-0.05, 0) is 68.3 Å². The Hall–Kier alpha value is -3.16. The summed E-state index contributed by atoms with van der Waals surface area (Å²) in [5.74, 6) is 13.1. The van der Waals surface area contributed by atoms with E-state index in [4.69, 9.17) is 0 Å². The van der Waals surface area contributed by atoms with Crippen LogP contribution in [0.5, 0.6) is 0 Å². The zero-order valence-corrected chi connectivity index (χ0v) is 16.4. The molecular weight excluding hydrogens is 323 g/mol. The van der Waals surface area contributed by atoms with E-state index in [0.29, 0.717) is 0 Å². The first-order chi connectivity index (χ1) is 13.0. The summed E-state index contributed by atoms with van der Waals surface area (Å²) in [6, 6.07) is 20.8. The van der Waals surface area contributed by atoms with Crippen molar-refractivity contribution in [2.24, 2.45) is 0 Å². The lowest BCUT2D eigenvalue weighted by atomic mass is 9.73. The van der Waals surface area contributed by atoms with Crippen LogP contribution in [0.2, 0.25) is 6.82 Å². The molecule has 0 nitrogen and oxygen atoms in total. The summed E-state index contributed by atoms with van der Waals surface area (Å²) in [6.45, 7) is 8.32. The van der Waals surface area contributed by atoms with Crippen molar-refractivity contribution in [3.05, 3.63) is 99.6 Å². The SMILES string of the molecule is C[B]c1ccc(C#Cc2cc(C)c(C#Cc3ccc(C)cc3)c(C)c2)cc1. The van der Waals surface area contributed by atoms with Gasteiger partial charge in [-0.3, -0.25) is 0 Å². The van der Waals surface area contributed by atoms with E-state index in [0.717, 1.165) is 33.4 Å². The van der Waals surface area contributed by atoms with E-state index in [-0.39, 0.29) is 0 Å². The second-order valence-corrected chi connectivity index (χ2v) is 6.76. The predicted octanol–water partition coefficient (Wildman–Crippen LogP) is 4.79. The molecule has 0 unspecified atom stereocenters. The molecule has 0 aliphatic heterocycles. The molecule has 0 spiro atoms. The lowest BCUT2D eigenvalue weighted by molar-refractivity contribution is 1.33. The Kier molecular flexibility index (Phi) is 5.85.